The summed E-state index contributed by atoms with van der Waals surface area (Å²) in [5.74, 6) is -0.328. The summed E-state index contributed by atoms with van der Waals surface area (Å²) >= 11 is 0. The van der Waals surface area contributed by atoms with E-state index >= 15 is 0 Å². The van der Waals surface area contributed by atoms with E-state index in [0.717, 1.165) is 25.0 Å². The summed E-state index contributed by atoms with van der Waals surface area (Å²) in [5, 5.41) is 8.89. The molecule has 0 fully saturated rings. The smallest absolute Gasteiger partial charge is 0.323 e. The Balaban J connectivity index is 2.27. The van der Waals surface area contributed by atoms with Crippen LogP contribution < -0.4 is 4.90 Å². The second-order valence-corrected chi connectivity index (χ2v) is 4.61. The lowest BCUT2D eigenvalue weighted by Gasteiger charge is -2.25. The number of carboxylic acids is 1. The standard InChI is InChI=1S/C12H17N3O2/c1-8(2)15(7-11(16)17)12-13-6-9-4-3-5-10(9)14-12/h6,8H,3-5,7H2,1-2H3,(H,16,17). The average molecular weight is 235 g/mol. The predicted octanol–water partition coefficient (Wildman–Crippen LogP) is 1.26. The van der Waals surface area contributed by atoms with E-state index in [-0.39, 0.29) is 12.6 Å². The minimum absolute atomic E-state index is 0.0591. The van der Waals surface area contributed by atoms with E-state index in [2.05, 4.69) is 9.97 Å². The van der Waals surface area contributed by atoms with Crippen molar-refractivity contribution in [3.63, 3.8) is 0 Å². The third kappa shape index (κ3) is 2.54. The molecule has 0 saturated heterocycles. The first-order valence-corrected chi connectivity index (χ1v) is 5.91. The van der Waals surface area contributed by atoms with E-state index in [0.29, 0.717) is 5.95 Å². The molecule has 0 atom stereocenters. The molecular formula is C12H17N3O2. The van der Waals surface area contributed by atoms with Crippen LogP contribution in [-0.4, -0.2) is 33.6 Å². The number of hydrogen-bond donors (Lipinski definition) is 1. The number of nitrogens with zero attached hydrogens (tertiary/aromatic N) is 3. The molecule has 0 radical (unpaired) electrons. The second kappa shape index (κ2) is 4.69. The number of carboxylic acid groups (broad SMARTS) is 1. The van der Waals surface area contributed by atoms with Crippen LogP contribution in [0.2, 0.25) is 0 Å². The van der Waals surface area contributed by atoms with Gasteiger partial charge in [-0.15, -0.1) is 0 Å². The van der Waals surface area contributed by atoms with Gasteiger partial charge in [0.2, 0.25) is 5.95 Å². The summed E-state index contributed by atoms with van der Waals surface area (Å²) in [5.41, 5.74) is 2.28. The Labute approximate surface area is 100 Å². The zero-order chi connectivity index (χ0) is 12.4. The van der Waals surface area contributed by atoms with Crippen molar-refractivity contribution in [2.75, 3.05) is 11.4 Å². The topological polar surface area (TPSA) is 66.3 Å². The molecule has 1 heterocycles. The summed E-state index contributed by atoms with van der Waals surface area (Å²) in [4.78, 5) is 21.3. The Morgan fingerprint density at radius 3 is 2.94 bits per heavy atom. The number of aromatic nitrogens is 2. The molecule has 0 unspecified atom stereocenters. The third-order valence-corrected chi connectivity index (χ3v) is 2.99. The molecule has 0 bridgehead atoms. The molecule has 1 aromatic heterocycles. The molecule has 0 aromatic carbocycles. The first kappa shape index (κ1) is 11.8. The number of rotatable bonds is 4. The van der Waals surface area contributed by atoms with Crippen molar-refractivity contribution in [2.24, 2.45) is 0 Å². The van der Waals surface area contributed by atoms with Crippen LogP contribution in [0.25, 0.3) is 0 Å². The van der Waals surface area contributed by atoms with Gasteiger partial charge in [0.05, 0.1) is 0 Å². The maximum Gasteiger partial charge on any atom is 0.323 e. The number of hydrogen-bond acceptors (Lipinski definition) is 4. The van der Waals surface area contributed by atoms with E-state index in [4.69, 9.17) is 5.11 Å². The highest BCUT2D eigenvalue weighted by molar-refractivity contribution is 5.72. The number of fused-ring (bicyclic) bond motifs is 1. The second-order valence-electron chi connectivity index (χ2n) is 4.61. The Morgan fingerprint density at radius 2 is 2.29 bits per heavy atom. The maximum atomic E-state index is 10.8. The van der Waals surface area contributed by atoms with Gasteiger partial charge in [-0.1, -0.05) is 0 Å². The van der Waals surface area contributed by atoms with Crippen molar-refractivity contribution in [2.45, 2.75) is 39.2 Å². The summed E-state index contributed by atoms with van der Waals surface area (Å²) < 4.78 is 0. The highest BCUT2D eigenvalue weighted by atomic mass is 16.4. The molecule has 5 heteroatoms. The lowest BCUT2D eigenvalue weighted by Crippen LogP contribution is -2.37. The first-order chi connectivity index (χ1) is 8.08. The summed E-state index contributed by atoms with van der Waals surface area (Å²) in [6, 6.07) is 0.0746. The largest absolute Gasteiger partial charge is 0.480 e. The zero-order valence-corrected chi connectivity index (χ0v) is 10.2. The third-order valence-electron chi connectivity index (χ3n) is 2.99. The minimum atomic E-state index is -0.859. The normalized spacial score (nSPS) is 13.8. The van der Waals surface area contributed by atoms with Crippen LogP contribution in [-0.2, 0) is 17.6 Å². The fourth-order valence-electron chi connectivity index (χ4n) is 2.07. The van der Waals surface area contributed by atoms with Gasteiger partial charge in [0.1, 0.15) is 6.54 Å². The first-order valence-electron chi connectivity index (χ1n) is 5.91. The lowest BCUT2D eigenvalue weighted by molar-refractivity contribution is -0.135. The maximum absolute atomic E-state index is 10.8. The van der Waals surface area contributed by atoms with Crippen molar-refractivity contribution < 1.29 is 9.90 Å². The molecule has 1 aliphatic carbocycles. The van der Waals surface area contributed by atoms with Gasteiger partial charge in [-0.3, -0.25) is 4.79 Å². The van der Waals surface area contributed by atoms with Crippen molar-refractivity contribution in [1.82, 2.24) is 9.97 Å². The molecule has 0 aliphatic heterocycles. The SMILES string of the molecule is CC(C)N(CC(=O)O)c1ncc2c(n1)CCC2. The number of aryl methyl sites for hydroxylation is 2. The van der Waals surface area contributed by atoms with Crippen LogP contribution in [0.15, 0.2) is 6.20 Å². The molecule has 0 spiro atoms. The number of aliphatic carboxylic acids is 1. The minimum Gasteiger partial charge on any atom is -0.480 e. The van der Waals surface area contributed by atoms with Gasteiger partial charge in [0, 0.05) is 17.9 Å². The Kier molecular flexibility index (Phi) is 3.26. The molecule has 1 aliphatic rings. The Hall–Kier alpha value is -1.65. The molecule has 17 heavy (non-hydrogen) atoms. The van der Waals surface area contributed by atoms with E-state index in [9.17, 15) is 4.79 Å². The predicted molar refractivity (Wildman–Crippen MR) is 64.2 cm³/mol. The summed E-state index contributed by atoms with van der Waals surface area (Å²) in [6.45, 7) is 3.83. The van der Waals surface area contributed by atoms with Gasteiger partial charge in [-0.25, -0.2) is 9.97 Å². The van der Waals surface area contributed by atoms with E-state index < -0.39 is 5.97 Å². The van der Waals surface area contributed by atoms with Crippen LogP contribution in [0, 0.1) is 0 Å². The van der Waals surface area contributed by atoms with E-state index in [1.165, 1.54) is 5.56 Å². The molecular weight excluding hydrogens is 218 g/mol. The molecule has 92 valence electrons. The van der Waals surface area contributed by atoms with Crippen LogP contribution >= 0.6 is 0 Å². The van der Waals surface area contributed by atoms with E-state index in [1.807, 2.05) is 20.0 Å². The molecule has 0 amide bonds. The van der Waals surface area contributed by atoms with Crippen molar-refractivity contribution in [1.29, 1.82) is 0 Å². The fraction of sp³-hybridized carbons (Fsp3) is 0.583. The molecule has 1 N–H and O–H groups in total. The van der Waals surface area contributed by atoms with E-state index in [1.54, 1.807) is 4.90 Å². The van der Waals surface area contributed by atoms with Crippen molar-refractivity contribution in [3.05, 3.63) is 17.5 Å². The van der Waals surface area contributed by atoms with Gasteiger partial charge in [-0.2, -0.15) is 0 Å². The summed E-state index contributed by atoms with van der Waals surface area (Å²) in [7, 11) is 0. The highest BCUT2D eigenvalue weighted by Crippen LogP contribution is 2.21. The quantitative estimate of drug-likeness (QED) is 0.851. The molecule has 5 nitrogen and oxygen atoms in total. The van der Waals surface area contributed by atoms with Crippen LogP contribution in [0.3, 0.4) is 0 Å². The molecule has 2 rings (SSSR count). The lowest BCUT2D eigenvalue weighted by atomic mass is 10.3. The zero-order valence-electron chi connectivity index (χ0n) is 10.2. The van der Waals surface area contributed by atoms with Crippen LogP contribution in [0.4, 0.5) is 5.95 Å². The highest BCUT2D eigenvalue weighted by Gasteiger charge is 2.20. The van der Waals surface area contributed by atoms with Gasteiger partial charge < -0.3 is 10.0 Å². The van der Waals surface area contributed by atoms with Gasteiger partial charge >= 0.3 is 5.97 Å². The number of carbonyl (C=O) groups is 1. The number of anilines is 1. The fourth-order valence-corrected chi connectivity index (χ4v) is 2.07. The average Bonchev–Trinajstić information content (AvgIpc) is 2.72. The Bertz CT molecular complexity index is 432. The summed E-state index contributed by atoms with van der Waals surface area (Å²) in [6.07, 6.45) is 4.97. The van der Waals surface area contributed by atoms with Crippen LogP contribution in [0.5, 0.6) is 0 Å². The Morgan fingerprint density at radius 1 is 1.53 bits per heavy atom. The van der Waals surface area contributed by atoms with Gasteiger partial charge in [0.15, 0.2) is 0 Å². The van der Waals surface area contributed by atoms with Gasteiger partial charge in [0.25, 0.3) is 0 Å². The monoisotopic (exact) mass is 235 g/mol. The van der Waals surface area contributed by atoms with Crippen molar-refractivity contribution in [3.8, 4) is 0 Å². The van der Waals surface area contributed by atoms with Crippen LogP contribution in [0.1, 0.15) is 31.5 Å². The van der Waals surface area contributed by atoms with Gasteiger partial charge in [-0.05, 0) is 38.7 Å². The molecule has 1 aromatic rings. The molecule has 0 saturated carbocycles. The van der Waals surface area contributed by atoms with Crippen molar-refractivity contribution >= 4 is 11.9 Å².